The molecule has 0 aliphatic heterocycles. The first kappa shape index (κ1) is 9.51. The minimum atomic E-state index is 0. The largest absolute Gasteiger partial charge is 0.388 e. The Labute approximate surface area is 81.7 Å². The van der Waals surface area contributed by atoms with Crippen LogP contribution in [0.5, 0.6) is 5.75 Å². The second-order valence-corrected chi connectivity index (χ2v) is 1.51. The second kappa shape index (κ2) is 5.31. The Morgan fingerprint density at radius 3 is 2.30 bits per heavy atom. The Kier molecular flexibility index (Phi) is 5.05. The van der Waals surface area contributed by atoms with Gasteiger partial charge in [0.2, 0.25) is 0 Å². The number of hydrogen-bond acceptors (Lipinski definition) is 2. The van der Waals surface area contributed by atoms with Gasteiger partial charge in [0.25, 0.3) is 6.26 Å². The Hall–Kier alpha value is -0.490. The molecule has 0 saturated carbocycles. The topological polar surface area (TPSA) is 33.0 Å². The molecule has 0 bridgehead atoms. The molecule has 0 amide bonds. The van der Waals surface area contributed by atoms with Crippen LogP contribution in [0.4, 0.5) is 0 Å². The van der Waals surface area contributed by atoms with Crippen molar-refractivity contribution in [2.24, 2.45) is 0 Å². The number of benzene rings is 1. The summed E-state index contributed by atoms with van der Waals surface area (Å²) in [5.41, 5.74) is 0. The van der Waals surface area contributed by atoms with Crippen molar-refractivity contribution < 1.29 is 4.74 Å². The van der Waals surface area contributed by atoms with Gasteiger partial charge in [-0.2, -0.15) is 0 Å². The minimum Gasteiger partial charge on any atom is -0.388 e. The molecule has 45 valence electrons. The molecule has 0 N–H and O–H groups in total. The average molecular weight is 142 g/mol. The van der Waals surface area contributed by atoms with Crippen LogP contribution in [0, 0.1) is 11.5 Å². The van der Waals surface area contributed by atoms with E-state index in [1.165, 1.54) is 0 Å². The average Bonchev–Trinajstić information content (AvgIpc) is 1.91. The SMILES string of the molecule is N#COc1ccccc1.[Na]. The maximum absolute atomic E-state index is 8.05. The number of para-hydroxylation sites is 1. The first-order valence-electron chi connectivity index (χ1n) is 2.54. The molecular formula is C7H5NNaO. The summed E-state index contributed by atoms with van der Waals surface area (Å²) < 4.78 is 4.51. The van der Waals surface area contributed by atoms with Gasteiger partial charge in [-0.25, -0.2) is 0 Å². The molecule has 10 heavy (non-hydrogen) atoms. The zero-order valence-electron chi connectivity index (χ0n) is 5.74. The third-order valence-corrected chi connectivity index (χ3v) is 0.907. The van der Waals surface area contributed by atoms with E-state index in [1.54, 1.807) is 18.4 Å². The molecule has 0 atom stereocenters. The molecule has 0 aliphatic rings. The molecule has 0 aliphatic carbocycles. The van der Waals surface area contributed by atoms with Gasteiger partial charge in [-0.05, 0) is 12.1 Å². The monoisotopic (exact) mass is 142 g/mol. The van der Waals surface area contributed by atoms with Gasteiger partial charge in [-0.1, -0.05) is 18.2 Å². The first-order valence-corrected chi connectivity index (χ1v) is 2.54. The van der Waals surface area contributed by atoms with Gasteiger partial charge in [-0.3, -0.25) is 0 Å². The van der Waals surface area contributed by atoms with Gasteiger partial charge in [0.05, 0.1) is 0 Å². The van der Waals surface area contributed by atoms with Crippen LogP contribution >= 0.6 is 0 Å². The van der Waals surface area contributed by atoms with E-state index >= 15 is 0 Å². The van der Waals surface area contributed by atoms with Crippen molar-refractivity contribution in [2.45, 2.75) is 0 Å². The third-order valence-electron chi connectivity index (χ3n) is 0.907. The van der Waals surface area contributed by atoms with Crippen molar-refractivity contribution in [1.82, 2.24) is 0 Å². The molecule has 0 fully saturated rings. The van der Waals surface area contributed by atoms with E-state index in [0.717, 1.165) is 0 Å². The predicted molar refractivity (Wildman–Crippen MR) is 38.4 cm³/mol. The quantitative estimate of drug-likeness (QED) is 0.435. The molecule has 3 heteroatoms. The van der Waals surface area contributed by atoms with Crippen LogP contribution in [-0.4, -0.2) is 29.6 Å². The van der Waals surface area contributed by atoms with Crippen LogP contribution in [0.2, 0.25) is 0 Å². The Bertz CT molecular complexity index is 217. The minimum absolute atomic E-state index is 0. The van der Waals surface area contributed by atoms with Gasteiger partial charge in [-0.15, -0.1) is 5.26 Å². The van der Waals surface area contributed by atoms with Gasteiger partial charge in [0, 0.05) is 29.6 Å². The van der Waals surface area contributed by atoms with E-state index in [9.17, 15) is 0 Å². The van der Waals surface area contributed by atoms with Crippen LogP contribution in [0.25, 0.3) is 0 Å². The maximum Gasteiger partial charge on any atom is 0.292 e. The third kappa shape index (κ3) is 2.88. The molecule has 0 saturated heterocycles. The Balaban J connectivity index is 0.000000810. The fourth-order valence-corrected chi connectivity index (χ4v) is 0.541. The standard InChI is InChI=1S/C7H5NO.Na/c8-6-9-7-4-2-1-3-5-7;/h1-5H;. The van der Waals surface area contributed by atoms with Crippen molar-refractivity contribution in [3.05, 3.63) is 30.3 Å². The van der Waals surface area contributed by atoms with Crippen LogP contribution in [0.3, 0.4) is 0 Å². The van der Waals surface area contributed by atoms with Gasteiger partial charge in [0.15, 0.2) is 0 Å². The van der Waals surface area contributed by atoms with Crippen LogP contribution < -0.4 is 4.74 Å². The van der Waals surface area contributed by atoms with Crippen LogP contribution in [0.15, 0.2) is 30.3 Å². The summed E-state index contributed by atoms with van der Waals surface area (Å²) in [5.74, 6) is 0.583. The molecule has 1 radical (unpaired) electrons. The predicted octanol–water partition coefficient (Wildman–Crippen LogP) is 1.17. The van der Waals surface area contributed by atoms with E-state index in [1.807, 2.05) is 18.2 Å². The van der Waals surface area contributed by atoms with Crippen LogP contribution in [-0.2, 0) is 0 Å². The molecule has 2 nitrogen and oxygen atoms in total. The number of nitriles is 1. The van der Waals surface area contributed by atoms with Crippen molar-refractivity contribution in [3.8, 4) is 12.0 Å². The molecule has 0 spiro atoms. The Morgan fingerprint density at radius 2 is 1.80 bits per heavy atom. The summed E-state index contributed by atoms with van der Waals surface area (Å²) in [7, 11) is 0. The fourth-order valence-electron chi connectivity index (χ4n) is 0.541. The molecule has 0 unspecified atom stereocenters. The smallest absolute Gasteiger partial charge is 0.292 e. The summed E-state index contributed by atoms with van der Waals surface area (Å²) in [6, 6.07) is 8.94. The maximum atomic E-state index is 8.05. The van der Waals surface area contributed by atoms with Crippen LogP contribution in [0.1, 0.15) is 0 Å². The molecule has 0 aromatic heterocycles. The van der Waals surface area contributed by atoms with E-state index in [2.05, 4.69) is 4.74 Å². The van der Waals surface area contributed by atoms with Crippen molar-refractivity contribution in [2.75, 3.05) is 0 Å². The number of nitrogens with zero attached hydrogens (tertiary/aromatic N) is 1. The van der Waals surface area contributed by atoms with Gasteiger partial charge >= 0.3 is 0 Å². The van der Waals surface area contributed by atoms with E-state index in [4.69, 9.17) is 5.26 Å². The first-order chi connectivity index (χ1) is 4.43. The molecule has 1 rings (SSSR count). The fraction of sp³-hybridized carbons (Fsp3) is 0. The van der Waals surface area contributed by atoms with Crippen molar-refractivity contribution in [3.63, 3.8) is 0 Å². The Morgan fingerprint density at radius 1 is 1.20 bits per heavy atom. The molecule has 1 aromatic rings. The summed E-state index contributed by atoms with van der Waals surface area (Å²) in [6.07, 6.45) is 1.58. The molecular weight excluding hydrogens is 137 g/mol. The zero-order chi connectivity index (χ0) is 6.53. The number of rotatable bonds is 1. The van der Waals surface area contributed by atoms with E-state index < -0.39 is 0 Å². The number of hydrogen-bond donors (Lipinski definition) is 0. The zero-order valence-corrected chi connectivity index (χ0v) is 7.74. The van der Waals surface area contributed by atoms with Crippen molar-refractivity contribution >= 4 is 29.6 Å². The summed E-state index contributed by atoms with van der Waals surface area (Å²) >= 11 is 0. The van der Waals surface area contributed by atoms with Gasteiger partial charge in [0.1, 0.15) is 5.75 Å². The summed E-state index contributed by atoms with van der Waals surface area (Å²) in [6.45, 7) is 0. The second-order valence-electron chi connectivity index (χ2n) is 1.51. The summed E-state index contributed by atoms with van der Waals surface area (Å²) in [4.78, 5) is 0. The van der Waals surface area contributed by atoms with E-state index in [0.29, 0.717) is 5.75 Å². The summed E-state index contributed by atoms with van der Waals surface area (Å²) in [5, 5.41) is 8.05. The molecule has 1 aromatic carbocycles. The van der Waals surface area contributed by atoms with Gasteiger partial charge < -0.3 is 4.74 Å². The van der Waals surface area contributed by atoms with Crippen molar-refractivity contribution in [1.29, 1.82) is 5.26 Å². The van der Waals surface area contributed by atoms with E-state index in [-0.39, 0.29) is 29.6 Å². The molecule has 0 heterocycles. The number of ether oxygens (including phenoxy) is 1. The normalized spacial score (nSPS) is 7.10.